The van der Waals surface area contributed by atoms with E-state index < -0.39 is 0 Å². The normalized spacial score (nSPS) is 9.62. The van der Waals surface area contributed by atoms with E-state index in [1.54, 1.807) is 12.1 Å². The van der Waals surface area contributed by atoms with Crippen LogP contribution in [0.2, 0.25) is 0 Å². The van der Waals surface area contributed by atoms with Crippen molar-refractivity contribution >= 4 is 21.9 Å². The Labute approximate surface area is 102 Å². The Morgan fingerprint density at radius 1 is 1.62 bits per heavy atom. The molecule has 84 valence electrons. The van der Waals surface area contributed by atoms with E-state index in [1.165, 1.54) is 7.11 Å². The summed E-state index contributed by atoms with van der Waals surface area (Å²) in [7, 11) is 1.33. The number of nitriles is 1. The topological polar surface area (TPSA) is 76.1 Å². The Morgan fingerprint density at radius 3 is 2.81 bits per heavy atom. The molecule has 1 aromatic carbocycles. The molecule has 0 saturated heterocycles. The lowest BCUT2D eigenvalue weighted by Crippen LogP contribution is -2.11. The van der Waals surface area contributed by atoms with Gasteiger partial charge in [-0.15, -0.1) is 0 Å². The average Bonchev–Trinajstić information content (AvgIpc) is 2.30. The number of halogens is 1. The number of ether oxygens (including phenoxy) is 1. The summed E-state index contributed by atoms with van der Waals surface area (Å²) in [6.45, 7) is 0.217. The van der Waals surface area contributed by atoms with Gasteiger partial charge in [0.05, 0.1) is 19.1 Å². The number of benzene rings is 1. The molecule has 0 aliphatic heterocycles. The van der Waals surface area contributed by atoms with Crippen LogP contribution in [0.5, 0.6) is 0 Å². The molecule has 1 rings (SSSR count). The van der Waals surface area contributed by atoms with Gasteiger partial charge in [0, 0.05) is 11.0 Å². The highest BCUT2D eigenvalue weighted by atomic mass is 79.9. The predicted octanol–water partition coefficient (Wildman–Crippen LogP) is 1.49. The van der Waals surface area contributed by atoms with Crippen LogP contribution in [-0.4, -0.2) is 13.1 Å². The second-order valence-electron chi connectivity index (χ2n) is 3.13. The first-order valence-corrected chi connectivity index (χ1v) is 5.40. The highest BCUT2D eigenvalue weighted by Gasteiger charge is 2.13. The summed E-state index contributed by atoms with van der Waals surface area (Å²) >= 11 is 3.27. The number of hydrogen-bond donors (Lipinski definition) is 1. The Bertz CT molecular complexity index is 452. The molecule has 0 bridgehead atoms. The van der Waals surface area contributed by atoms with Crippen molar-refractivity contribution in [2.24, 2.45) is 5.73 Å². The second kappa shape index (κ2) is 5.64. The molecule has 16 heavy (non-hydrogen) atoms. The maximum Gasteiger partial charge on any atom is 0.309 e. The van der Waals surface area contributed by atoms with Crippen molar-refractivity contribution in [1.29, 1.82) is 5.26 Å². The molecular formula is C11H11BrN2O2. The van der Waals surface area contributed by atoms with E-state index in [0.29, 0.717) is 15.6 Å². The second-order valence-corrected chi connectivity index (χ2v) is 3.98. The third-order valence-electron chi connectivity index (χ3n) is 2.24. The van der Waals surface area contributed by atoms with Crippen LogP contribution in [0.15, 0.2) is 16.6 Å². The number of rotatable bonds is 3. The number of nitrogens with zero attached hydrogens (tertiary/aromatic N) is 1. The number of nitrogens with two attached hydrogens (primary N) is 1. The van der Waals surface area contributed by atoms with Gasteiger partial charge in [0.15, 0.2) is 0 Å². The first-order valence-electron chi connectivity index (χ1n) is 4.61. The lowest BCUT2D eigenvalue weighted by Gasteiger charge is -2.09. The molecule has 0 saturated carbocycles. The van der Waals surface area contributed by atoms with E-state index in [1.807, 2.05) is 0 Å². The van der Waals surface area contributed by atoms with Crippen LogP contribution in [-0.2, 0) is 22.5 Å². The van der Waals surface area contributed by atoms with Crippen molar-refractivity contribution in [1.82, 2.24) is 0 Å². The van der Waals surface area contributed by atoms with E-state index >= 15 is 0 Å². The van der Waals surface area contributed by atoms with Gasteiger partial charge < -0.3 is 10.5 Å². The molecule has 0 radical (unpaired) electrons. The van der Waals surface area contributed by atoms with Gasteiger partial charge in [0.25, 0.3) is 0 Å². The zero-order valence-corrected chi connectivity index (χ0v) is 10.4. The zero-order valence-electron chi connectivity index (χ0n) is 8.79. The fourth-order valence-corrected chi connectivity index (χ4v) is 1.87. The summed E-state index contributed by atoms with van der Waals surface area (Å²) in [5, 5.41) is 8.99. The molecule has 0 aliphatic rings. The monoisotopic (exact) mass is 282 g/mol. The molecule has 0 atom stereocenters. The molecule has 0 spiro atoms. The first kappa shape index (κ1) is 12.7. The first-order chi connectivity index (χ1) is 7.63. The largest absolute Gasteiger partial charge is 0.469 e. The van der Waals surface area contributed by atoms with Crippen LogP contribution in [0.4, 0.5) is 0 Å². The van der Waals surface area contributed by atoms with Crippen LogP contribution in [0, 0.1) is 11.3 Å². The summed E-state index contributed by atoms with van der Waals surface area (Å²) in [5.41, 5.74) is 7.48. The number of carbonyl (C=O) groups is 1. The van der Waals surface area contributed by atoms with E-state index in [9.17, 15) is 4.79 Å². The van der Waals surface area contributed by atoms with E-state index in [4.69, 9.17) is 11.0 Å². The molecule has 0 fully saturated rings. The standard InChI is InChI=1S/C11H11BrN2O2/c1-16-11(15)4-7-2-3-10(12)9(6-14)8(7)5-13/h2-3H,4-5,13H2,1H3. The van der Waals surface area contributed by atoms with Gasteiger partial charge >= 0.3 is 5.97 Å². The van der Waals surface area contributed by atoms with Gasteiger partial charge in [0.1, 0.15) is 6.07 Å². The van der Waals surface area contributed by atoms with Crippen molar-refractivity contribution in [2.45, 2.75) is 13.0 Å². The number of hydrogen-bond acceptors (Lipinski definition) is 4. The van der Waals surface area contributed by atoms with Crippen molar-refractivity contribution < 1.29 is 9.53 Å². The molecule has 0 heterocycles. The van der Waals surface area contributed by atoms with Crippen LogP contribution >= 0.6 is 15.9 Å². The minimum absolute atomic E-state index is 0.130. The number of methoxy groups -OCH3 is 1. The fraction of sp³-hybridized carbons (Fsp3) is 0.273. The highest BCUT2D eigenvalue weighted by Crippen LogP contribution is 2.23. The SMILES string of the molecule is COC(=O)Cc1ccc(Br)c(C#N)c1CN. The van der Waals surface area contributed by atoms with Gasteiger partial charge in [-0.25, -0.2) is 0 Å². The maximum atomic E-state index is 11.2. The summed E-state index contributed by atoms with van der Waals surface area (Å²) in [6.07, 6.45) is 0.130. The van der Waals surface area contributed by atoms with Crippen molar-refractivity contribution in [3.8, 4) is 6.07 Å². The van der Waals surface area contributed by atoms with Crippen molar-refractivity contribution in [2.75, 3.05) is 7.11 Å². The predicted molar refractivity (Wildman–Crippen MR) is 62.5 cm³/mol. The van der Waals surface area contributed by atoms with E-state index in [2.05, 4.69) is 26.7 Å². The van der Waals surface area contributed by atoms with Gasteiger partial charge in [-0.1, -0.05) is 6.07 Å². The average molecular weight is 283 g/mol. The maximum absolute atomic E-state index is 11.2. The lowest BCUT2D eigenvalue weighted by molar-refractivity contribution is -0.139. The van der Waals surface area contributed by atoms with Gasteiger partial charge in [0.2, 0.25) is 0 Å². The molecule has 2 N–H and O–H groups in total. The van der Waals surface area contributed by atoms with E-state index in [0.717, 1.165) is 5.56 Å². The van der Waals surface area contributed by atoms with Crippen molar-refractivity contribution in [3.63, 3.8) is 0 Å². The fourth-order valence-electron chi connectivity index (χ4n) is 1.41. The third kappa shape index (κ3) is 2.60. The van der Waals surface area contributed by atoms with Crippen LogP contribution in [0.1, 0.15) is 16.7 Å². The molecule has 4 nitrogen and oxygen atoms in total. The van der Waals surface area contributed by atoms with Gasteiger partial charge in [-0.05, 0) is 33.1 Å². The molecule has 0 aliphatic carbocycles. The molecule has 0 amide bonds. The molecular weight excluding hydrogens is 272 g/mol. The summed E-state index contributed by atoms with van der Waals surface area (Å²) in [4.78, 5) is 11.2. The molecule has 0 aromatic heterocycles. The summed E-state index contributed by atoms with van der Waals surface area (Å²) < 4.78 is 5.27. The summed E-state index contributed by atoms with van der Waals surface area (Å²) in [5.74, 6) is -0.346. The van der Waals surface area contributed by atoms with Crippen molar-refractivity contribution in [3.05, 3.63) is 33.3 Å². The molecule has 1 aromatic rings. The Hall–Kier alpha value is -1.38. The summed E-state index contributed by atoms with van der Waals surface area (Å²) in [6, 6.07) is 5.57. The number of esters is 1. The van der Waals surface area contributed by atoms with Crippen LogP contribution < -0.4 is 5.73 Å². The Balaban J connectivity index is 3.21. The van der Waals surface area contributed by atoms with E-state index in [-0.39, 0.29) is 18.9 Å². The molecule has 5 heteroatoms. The Morgan fingerprint density at radius 2 is 2.31 bits per heavy atom. The van der Waals surface area contributed by atoms with Gasteiger partial charge in [-0.2, -0.15) is 5.26 Å². The zero-order chi connectivity index (χ0) is 12.1. The highest BCUT2D eigenvalue weighted by molar-refractivity contribution is 9.10. The quantitative estimate of drug-likeness (QED) is 0.853. The van der Waals surface area contributed by atoms with Gasteiger partial charge in [-0.3, -0.25) is 4.79 Å². The Kier molecular flexibility index (Phi) is 4.47. The molecule has 0 unspecified atom stereocenters. The smallest absolute Gasteiger partial charge is 0.309 e. The third-order valence-corrected chi connectivity index (χ3v) is 2.90. The minimum Gasteiger partial charge on any atom is -0.469 e. The minimum atomic E-state index is -0.346. The number of carbonyl (C=O) groups excluding carboxylic acids is 1. The lowest BCUT2D eigenvalue weighted by atomic mass is 9.99. The van der Waals surface area contributed by atoms with Crippen LogP contribution in [0.3, 0.4) is 0 Å². The van der Waals surface area contributed by atoms with Crippen LogP contribution in [0.25, 0.3) is 0 Å².